The summed E-state index contributed by atoms with van der Waals surface area (Å²) >= 11 is 3.39. The molecule has 0 aromatic heterocycles. The molecule has 0 saturated carbocycles. The molecule has 1 saturated heterocycles. The number of carbonyl (C=O) groups is 2. The lowest BCUT2D eigenvalue weighted by molar-refractivity contribution is -0.122. The van der Waals surface area contributed by atoms with Gasteiger partial charge in [-0.2, -0.15) is 0 Å². The summed E-state index contributed by atoms with van der Waals surface area (Å²) in [6, 6.07) is 4.94. The summed E-state index contributed by atoms with van der Waals surface area (Å²) in [6.07, 6.45) is 0. The number of hydrogen-bond acceptors (Lipinski definition) is 3. The Morgan fingerprint density at radius 1 is 1.47 bits per heavy atom. The second kappa shape index (κ2) is 5.71. The molecule has 1 fully saturated rings. The molecule has 1 atom stereocenters. The summed E-state index contributed by atoms with van der Waals surface area (Å²) in [7, 11) is 0. The van der Waals surface area contributed by atoms with Crippen LogP contribution in [-0.2, 0) is 4.79 Å². The lowest BCUT2D eigenvalue weighted by Gasteiger charge is -2.34. The van der Waals surface area contributed by atoms with Crippen LogP contribution in [0.25, 0.3) is 0 Å². The van der Waals surface area contributed by atoms with Gasteiger partial charge in [0.25, 0.3) is 5.91 Å². The summed E-state index contributed by atoms with van der Waals surface area (Å²) < 4.78 is 0.735. The second-order valence-corrected chi connectivity index (χ2v) is 5.46. The van der Waals surface area contributed by atoms with Crippen molar-refractivity contribution in [3.05, 3.63) is 33.8 Å². The third-order valence-electron chi connectivity index (χ3n) is 3.19. The number of piperazine rings is 1. The number of nitrogens with zero attached hydrogens (tertiary/aromatic N) is 1. The average molecular weight is 326 g/mol. The Balaban J connectivity index is 2.28. The van der Waals surface area contributed by atoms with Crippen molar-refractivity contribution < 1.29 is 9.59 Å². The molecule has 0 aliphatic carbocycles. The quantitative estimate of drug-likeness (QED) is 0.838. The van der Waals surface area contributed by atoms with Crippen molar-refractivity contribution in [2.45, 2.75) is 13.0 Å². The zero-order chi connectivity index (χ0) is 14.0. The van der Waals surface area contributed by atoms with Gasteiger partial charge in [0.1, 0.15) is 6.04 Å². The Labute approximate surface area is 120 Å². The van der Waals surface area contributed by atoms with Gasteiger partial charge in [0, 0.05) is 24.1 Å². The summed E-state index contributed by atoms with van der Waals surface area (Å²) in [5.41, 5.74) is 6.97. The van der Waals surface area contributed by atoms with Crippen molar-refractivity contribution in [3.63, 3.8) is 0 Å². The lowest BCUT2D eigenvalue weighted by atomic mass is 10.1. The van der Waals surface area contributed by atoms with E-state index in [-0.39, 0.29) is 5.91 Å². The minimum Gasteiger partial charge on any atom is -0.368 e. The molecule has 2 rings (SSSR count). The van der Waals surface area contributed by atoms with E-state index in [1.165, 1.54) is 4.90 Å². The third kappa shape index (κ3) is 2.96. The fourth-order valence-electron chi connectivity index (χ4n) is 2.15. The van der Waals surface area contributed by atoms with E-state index in [0.29, 0.717) is 25.2 Å². The molecule has 1 aromatic carbocycles. The number of benzene rings is 1. The van der Waals surface area contributed by atoms with Gasteiger partial charge in [-0.1, -0.05) is 6.07 Å². The normalized spacial score (nSPS) is 19.3. The van der Waals surface area contributed by atoms with Crippen LogP contribution in [-0.4, -0.2) is 42.4 Å². The SMILES string of the molecule is Cc1ccc(C(=O)N2CCNCC2C(N)=O)c(Br)c1. The van der Waals surface area contributed by atoms with Crippen LogP contribution >= 0.6 is 15.9 Å². The second-order valence-electron chi connectivity index (χ2n) is 4.60. The number of primary amides is 1. The van der Waals surface area contributed by atoms with Crippen LogP contribution in [0.15, 0.2) is 22.7 Å². The highest BCUT2D eigenvalue weighted by Gasteiger charge is 2.31. The Hall–Kier alpha value is -1.40. The predicted octanol–water partition coefficient (Wildman–Crippen LogP) is 0.657. The average Bonchev–Trinajstić information content (AvgIpc) is 2.38. The van der Waals surface area contributed by atoms with Gasteiger partial charge in [-0.25, -0.2) is 0 Å². The third-order valence-corrected chi connectivity index (χ3v) is 3.84. The maximum Gasteiger partial charge on any atom is 0.255 e. The zero-order valence-electron chi connectivity index (χ0n) is 10.6. The highest BCUT2D eigenvalue weighted by Crippen LogP contribution is 2.21. The minimum atomic E-state index is -0.588. The van der Waals surface area contributed by atoms with E-state index in [1.54, 1.807) is 6.07 Å². The van der Waals surface area contributed by atoms with Crippen LogP contribution in [0.3, 0.4) is 0 Å². The molecule has 1 aliphatic heterocycles. The molecule has 6 heteroatoms. The van der Waals surface area contributed by atoms with Gasteiger partial charge >= 0.3 is 0 Å². The van der Waals surface area contributed by atoms with Crippen LogP contribution in [0.2, 0.25) is 0 Å². The molecule has 0 radical (unpaired) electrons. The largest absolute Gasteiger partial charge is 0.368 e. The van der Waals surface area contributed by atoms with E-state index < -0.39 is 11.9 Å². The molecule has 0 bridgehead atoms. The topological polar surface area (TPSA) is 75.4 Å². The first-order valence-electron chi connectivity index (χ1n) is 6.08. The van der Waals surface area contributed by atoms with Gasteiger partial charge in [-0.3, -0.25) is 9.59 Å². The predicted molar refractivity (Wildman–Crippen MR) is 75.8 cm³/mol. The van der Waals surface area contributed by atoms with Crippen LogP contribution in [0.1, 0.15) is 15.9 Å². The number of hydrogen-bond donors (Lipinski definition) is 2. The first-order valence-corrected chi connectivity index (χ1v) is 6.87. The minimum absolute atomic E-state index is 0.169. The summed E-state index contributed by atoms with van der Waals surface area (Å²) in [6.45, 7) is 3.51. The van der Waals surface area contributed by atoms with Crippen molar-refractivity contribution in [1.29, 1.82) is 0 Å². The number of halogens is 1. The Kier molecular flexibility index (Phi) is 4.21. The molecule has 2 amide bonds. The number of carbonyl (C=O) groups excluding carboxylic acids is 2. The maximum atomic E-state index is 12.5. The number of rotatable bonds is 2. The van der Waals surface area contributed by atoms with Crippen LogP contribution in [0, 0.1) is 6.92 Å². The Morgan fingerprint density at radius 2 is 2.21 bits per heavy atom. The fraction of sp³-hybridized carbons (Fsp3) is 0.385. The first-order chi connectivity index (χ1) is 9.00. The number of amides is 2. The molecule has 0 spiro atoms. The first kappa shape index (κ1) is 14.0. The highest BCUT2D eigenvalue weighted by molar-refractivity contribution is 9.10. The summed E-state index contributed by atoms with van der Waals surface area (Å²) in [5.74, 6) is -0.652. The Bertz CT molecular complexity index is 519. The van der Waals surface area contributed by atoms with Gasteiger partial charge in [0.05, 0.1) is 5.56 Å². The van der Waals surface area contributed by atoms with E-state index in [1.807, 2.05) is 19.1 Å². The summed E-state index contributed by atoms with van der Waals surface area (Å²) in [5, 5.41) is 3.07. The lowest BCUT2D eigenvalue weighted by Crippen LogP contribution is -2.58. The standard InChI is InChI=1S/C13H16BrN3O2/c1-8-2-3-9(10(14)6-8)13(19)17-5-4-16-7-11(17)12(15)18/h2-3,6,11,16H,4-5,7H2,1H3,(H2,15,18). The van der Waals surface area contributed by atoms with Crippen molar-refractivity contribution in [3.8, 4) is 0 Å². The van der Waals surface area contributed by atoms with Crippen LogP contribution in [0.5, 0.6) is 0 Å². The van der Waals surface area contributed by atoms with E-state index in [2.05, 4.69) is 21.2 Å². The molecule has 1 heterocycles. The molecule has 19 heavy (non-hydrogen) atoms. The Morgan fingerprint density at radius 3 is 2.84 bits per heavy atom. The van der Waals surface area contributed by atoms with Gasteiger partial charge in [-0.15, -0.1) is 0 Å². The van der Waals surface area contributed by atoms with Crippen molar-refractivity contribution in [2.75, 3.05) is 19.6 Å². The number of nitrogens with one attached hydrogen (secondary N) is 1. The molecule has 1 aromatic rings. The highest BCUT2D eigenvalue weighted by atomic mass is 79.9. The van der Waals surface area contributed by atoms with Gasteiger partial charge in [0.15, 0.2) is 0 Å². The maximum absolute atomic E-state index is 12.5. The molecule has 102 valence electrons. The fourth-order valence-corrected chi connectivity index (χ4v) is 2.81. The van der Waals surface area contributed by atoms with E-state index in [9.17, 15) is 9.59 Å². The van der Waals surface area contributed by atoms with Crippen LogP contribution < -0.4 is 11.1 Å². The van der Waals surface area contributed by atoms with Crippen LogP contribution in [0.4, 0.5) is 0 Å². The van der Waals surface area contributed by atoms with Gasteiger partial charge < -0.3 is 16.0 Å². The molecule has 1 unspecified atom stereocenters. The molecule has 1 aliphatic rings. The van der Waals surface area contributed by atoms with Gasteiger partial charge in [0.2, 0.25) is 5.91 Å². The van der Waals surface area contributed by atoms with E-state index in [0.717, 1.165) is 10.0 Å². The number of aryl methyl sites for hydroxylation is 1. The van der Waals surface area contributed by atoms with Gasteiger partial charge in [-0.05, 0) is 40.5 Å². The molecule has 3 N–H and O–H groups in total. The summed E-state index contributed by atoms with van der Waals surface area (Å²) in [4.78, 5) is 25.5. The van der Waals surface area contributed by atoms with Crippen molar-refractivity contribution in [1.82, 2.24) is 10.2 Å². The smallest absolute Gasteiger partial charge is 0.255 e. The van der Waals surface area contributed by atoms with E-state index in [4.69, 9.17) is 5.73 Å². The molecular weight excluding hydrogens is 310 g/mol. The number of nitrogens with two attached hydrogens (primary N) is 1. The van der Waals surface area contributed by atoms with E-state index >= 15 is 0 Å². The van der Waals surface area contributed by atoms with Crippen molar-refractivity contribution >= 4 is 27.7 Å². The monoisotopic (exact) mass is 325 g/mol. The van der Waals surface area contributed by atoms with Crippen molar-refractivity contribution in [2.24, 2.45) is 5.73 Å². The zero-order valence-corrected chi connectivity index (χ0v) is 12.2. The molecular formula is C13H16BrN3O2. The molecule has 5 nitrogen and oxygen atoms in total.